The summed E-state index contributed by atoms with van der Waals surface area (Å²) in [4.78, 5) is 27.7. The Labute approximate surface area is 141 Å². The van der Waals surface area contributed by atoms with Gasteiger partial charge in [0.15, 0.2) is 0 Å². The molecule has 1 heterocycles. The molecule has 0 bridgehead atoms. The van der Waals surface area contributed by atoms with Gasteiger partial charge in [-0.15, -0.1) is 0 Å². The van der Waals surface area contributed by atoms with Gasteiger partial charge in [0, 0.05) is 24.1 Å². The van der Waals surface area contributed by atoms with Crippen LogP contribution in [-0.4, -0.2) is 30.5 Å². The summed E-state index contributed by atoms with van der Waals surface area (Å²) in [7, 11) is 1.34. The first-order valence-electron chi connectivity index (χ1n) is 7.83. The molecule has 2 aromatic rings. The Balaban J connectivity index is 2.09. The van der Waals surface area contributed by atoms with Crippen molar-refractivity contribution in [3.63, 3.8) is 0 Å². The maximum absolute atomic E-state index is 12.0. The fraction of sp³-hybridized carbons (Fsp3) is 0.278. The highest BCUT2D eigenvalue weighted by Crippen LogP contribution is 2.18. The average Bonchev–Trinajstić information content (AvgIpc) is 2.61. The number of pyridine rings is 1. The number of amides is 1. The number of carbonyl (C=O) groups is 2. The molecule has 0 aliphatic heterocycles. The molecule has 0 atom stereocenters. The van der Waals surface area contributed by atoms with Crippen LogP contribution in [0.4, 0.5) is 11.4 Å². The number of unbranched alkanes of at least 4 members (excludes halogenated alkanes) is 1. The van der Waals surface area contributed by atoms with Gasteiger partial charge in [-0.25, -0.2) is 4.79 Å². The van der Waals surface area contributed by atoms with Crippen molar-refractivity contribution in [1.82, 2.24) is 10.3 Å². The Morgan fingerprint density at radius 3 is 2.71 bits per heavy atom. The number of rotatable bonds is 7. The molecule has 0 aliphatic carbocycles. The Morgan fingerprint density at radius 2 is 1.96 bits per heavy atom. The van der Waals surface area contributed by atoms with E-state index in [-0.39, 0.29) is 5.91 Å². The standard InChI is InChI=1S/C18H21N3O3/c1-3-4-9-20-17(22)16-12-15(8-10-19-16)21-14-7-5-6-13(11-14)18(23)24-2/h5-8,10-12H,3-4,9H2,1-2H3,(H,19,21)(H,20,22). The first kappa shape index (κ1) is 17.5. The van der Waals surface area contributed by atoms with E-state index in [0.29, 0.717) is 23.5 Å². The number of aromatic nitrogens is 1. The van der Waals surface area contributed by atoms with Gasteiger partial charge in [0.05, 0.1) is 12.7 Å². The van der Waals surface area contributed by atoms with E-state index in [1.54, 1.807) is 36.5 Å². The van der Waals surface area contributed by atoms with E-state index in [9.17, 15) is 9.59 Å². The maximum Gasteiger partial charge on any atom is 0.337 e. The number of hydrogen-bond donors (Lipinski definition) is 2. The lowest BCUT2D eigenvalue weighted by Gasteiger charge is -2.09. The molecule has 0 unspecified atom stereocenters. The van der Waals surface area contributed by atoms with Crippen LogP contribution >= 0.6 is 0 Å². The Kier molecular flexibility index (Phi) is 6.31. The first-order chi connectivity index (χ1) is 11.6. The van der Waals surface area contributed by atoms with Crippen LogP contribution in [0.5, 0.6) is 0 Å². The van der Waals surface area contributed by atoms with Gasteiger partial charge in [0.25, 0.3) is 5.91 Å². The predicted octanol–water partition coefficient (Wildman–Crippen LogP) is 3.14. The summed E-state index contributed by atoms with van der Waals surface area (Å²) in [5, 5.41) is 5.99. The van der Waals surface area contributed by atoms with Crippen molar-refractivity contribution in [3.05, 3.63) is 53.9 Å². The molecule has 0 spiro atoms. The van der Waals surface area contributed by atoms with E-state index < -0.39 is 5.97 Å². The monoisotopic (exact) mass is 327 g/mol. The lowest BCUT2D eigenvalue weighted by atomic mass is 10.2. The van der Waals surface area contributed by atoms with Crippen molar-refractivity contribution in [2.24, 2.45) is 0 Å². The van der Waals surface area contributed by atoms with E-state index in [0.717, 1.165) is 18.5 Å². The zero-order chi connectivity index (χ0) is 17.4. The van der Waals surface area contributed by atoms with Gasteiger partial charge in [-0.3, -0.25) is 9.78 Å². The molecule has 6 nitrogen and oxygen atoms in total. The summed E-state index contributed by atoms with van der Waals surface area (Å²) in [5.41, 5.74) is 2.24. The number of benzene rings is 1. The molecule has 1 aromatic heterocycles. The minimum absolute atomic E-state index is 0.199. The van der Waals surface area contributed by atoms with E-state index in [1.165, 1.54) is 7.11 Å². The third-order valence-electron chi connectivity index (χ3n) is 3.38. The lowest BCUT2D eigenvalue weighted by molar-refractivity contribution is 0.0600. The Morgan fingerprint density at radius 1 is 1.17 bits per heavy atom. The number of hydrogen-bond acceptors (Lipinski definition) is 5. The summed E-state index contributed by atoms with van der Waals surface area (Å²) in [6.07, 6.45) is 3.52. The van der Waals surface area contributed by atoms with E-state index >= 15 is 0 Å². The molecular formula is C18H21N3O3. The van der Waals surface area contributed by atoms with E-state index in [4.69, 9.17) is 4.74 Å². The van der Waals surface area contributed by atoms with E-state index in [1.807, 2.05) is 6.07 Å². The molecule has 0 radical (unpaired) electrons. The normalized spacial score (nSPS) is 10.1. The van der Waals surface area contributed by atoms with Gasteiger partial charge in [-0.2, -0.15) is 0 Å². The van der Waals surface area contributed by atoms with Crippen molar-refractivity contribution in [1.29, 1.82) is 0 Å². The molecule has 126 valence electrons. The molecule has 0 saturated heterocycles. The molecule has 2 N–H and O–H groups in total. The number of methoxy groups -OCH3 is 1. The molecule has 1 amide bonds. The largest absolute Gasteiger partial charge is 0.465 e. The van der Waals surface area contributed by atoms with Crippen molar-refractivity contribution >= 4 is 23.3 Å². The third-order valence-corrected chi connectivity index (χ3v) is 3.38. The van der Waals surface area contributed by atoms with Gasteiger partial charge in [-0.05, 0) is 36.8 Å². The summed E-state index contributed by atoms with van der Waals surface area (Å²) in [5.74, 6) is -0.597. The van der Waals surface area contributed by atoms with Gasteiger partial charge >= 0.3 is 5.97 Å². The fourth-order valence-corrected chi connectivity index (χ4v) is 2.11. The smallest absolute Gasteiger partial charge is 0.337 e. The molecule has 24 heavy (non-hydrogen) atoms. The number of anilines is 2. The van der Waals surface area contributed by atoms with Crippen LogP contribution in [-0.2, 0) is 4.74 Å². The zero-order valence-corrected chi connectivity index (χ0v) is 13.8. The second-order valence-corrected chi connectivity index (χ2v) is 5.24. The molecule has 0 aliphatic rings. The third kappa shape index (κ3) is 4.81. The van der Waals surface area contributed by atoms with Gasteiger partial charge < -0.3 is 15.4 Å². The number of ether oxygens (including phenoxy) is 1. The number of esters is 1. The van der Waals surface area contributed by atoms with Crippen LogP contribution in [0.2, 0.25) is 0 Å². The molecule has 0 saturated carbocycles. The van der Waals surface area contributed by atoms with Crippen molar-refractivity contribution in [2.45, 2.75) is 19.8 Å². The van der Waals surface area contributed by atoms with Crippen LogP contribution in [0.15, 0.2) is 42.6 Å². The highest BCUT2D eigenvalue weighted by Gasteiger charge is 2.09. The molecule has 6 heteroatoms. The minimum atomic E-state index is -0.399. The minimum Gasteiger partial charge on any atom is -0.465 e. The lowest BCUT2D eigenvalue weighted by Crippen LogP contribution is -2.25. The Bertz CT molecular complexity index is 716. The SMILES string of the molecule is CCCCNC(=O)c1cc(Nc2cccc(C(=O)OC)c2)ccn1. The summed E-state index contributed by atoms with van der Waals surface area (Å²) >= 11 is 0. The van der Waals surface area contributed by atoms with Gasteiger partial charge in [0.2, 0.25) is 0 Å². The number of nitrogens with one attached hydrogen (secondary N) is 2. The zero-order valence-electron chi connectivity index (χ0n) is 13.8. The second kappa shape index (κ2) is 8.67. The van der Waals surface area contributed by atoms with Crippen LogP contribution in [0.25, 0.3) is 0 Å². The van der Waals surface area contributed by atoms with E-state index in [2.05, 4.69) is 22.5 Å². The predicted molar refractivity (Wildman–Crippen MR) is 92.5 cm³/mol. The van der Waals surface area contributed by atoms with Crippen molar-refractivity contribution in [3.8, 4) is 0 Å². The summed E-state index contributed by atoms with van der Waals surface area (Å²) in [6.45, 7) is 2.70. The van der Waals surface area contributed by atoms with Gasteiger partial charge in [-0.1, -0.05) is 19.4 Å². The van der Waals surface area contributed by atoms with Crippen molar-refractivity contribution in [2.75, 3.05) is 19.0 Å². The number of carbonyl (C=O) groups excluding carboxylic acids is 2. The van der Waals surface area contributed by atoms with Gasteiger partial charge in [0.1, 0.15) is 5.69 Å². The average molecular weight is 327 g/mol. The maximum atomic E-state index is 12.0. The van der Waals surface area contributed by atoms with Crippen LogP contribution in [0.3, 0.4) is 0 Å². The molecule has 0 fully saturated rings. The molecule has 1 aromatic carbocycles. The number of nitrogens with zero attached hydrogens (tertiary/aromatic N) is 1. The van der Waals surface area contributed by atoms with Crippen molar-refractivity contribution < 1.29 is 14.3 Å². The van der Waals surface area contributed by atoms with Crippen LogP contribution < -0.4 is 10.6 Å². The quantitative estimate of drug-likeness (QED) is 0.603. The first-order valence-corrected chi connectivity index (χ1v) is 7.83. The van der Waals surface area contributed by atoms with Crippen LogP contribution in [0.1, 0.15) is 40.6 Å². The highest BCUT2D eigenvalue weighted by atomic mass is 16.5. The topological polar surface area (TPSA) is 80.3 Å². The van der Waals surface area contributed by atoms with Crippen LogP contribution in [0, 0.1) is 0 Å². The second-order valence-electron chi connectivity index (χ2n) is 5.24. The highest BCUT2D eigenvalue weighted by molar-refractivity contribution is 5.93. The Hall–Kier alpha value is -2.89. The molecular weight excluding hydrogens is 306 g/mol. The summed E-state index contributed by atoms with van der Waals surface area (Å²) in [6, 6.07) is 10.4. The fourth-order valence-electron chi connectivity index (χ4n) is 2.11. The molecule has 2 rings (SSSR count). The summed E-state index contributed by atoms with van der Waals surface area (Å²) < 4.78 is 4.71.